The van der Waals surface area contributed by atoms with E-state index < -0.39 is 0 Å². The van der Waals surface area contributed by atoms with E-state index in [2.05, 4.69) is 34.3 Å². The van der Waals surface area contributed by atoms with E-state index in [-0.39, 0.29) is 12.5 Å². The fraction of sp³-hybridized carbons (Fsp3) is 0.286. The monoisotopic (exact) mass is 348 g/mol. The fourth-order valence-corrected chi connectivity index (χ4v) is 2.92. The number of nitrogens with one attached hydrogen (secondary N) is 1. The van der Waals surface area contributed by atoms with Crippen LogP contribution >= 0.6 is 0 Å². The van der Waals surface area contributed by atoms with Crippen LogP contribution in [0.4, 0.5) is 11.5 Å². The van der Waals surface area contributed by atoms with Crippen LogP contribution in [0.25, 0.3) is 10.9 Å². The summed E-state index contributed by atoms with van der Waals surface area (Å²) in [6.07, 6.45) is 4.97. The summed E-state index contributed by atoms with van der Waals surface area (Å²) in [4.78, 5) is 22.8. The number of aromatic nitrogens is 2. The molecule has 0 bridgehead atoms. The van der Waals surface area contributed by atoms with Gasteiger partial charge in [0.1, 0.15) is 12.1 Å². The smallest absolute Gasteiger partial charge is 0.243 e. The van der Waals surface area contributed by atoms with Crippen molar-refractivity contribution >= 4 is 28.3 Å². The average Bonchev–Trinajstić information content (AvgIpc) is 2.67. The van der Waals surface area contributed by atoms with Gasteiger partial charge in [0.25, 0.3) is 0 Å². The van der Waals surface area contributed by atoms with E-state index in [9.17, 15) is 4.79 Å². The summed E-state index contributed by atoms with van der Waals surface area (Å²) in [6.45, 7) is 2.41. The number of amides is 1. The number of nitrogens with zero attached hydrogens (tertiary/aromatic N) is 3. The second-order valence-electron chi connectivity index (χ2n) is 6.42. The molecule has 0 radical (unpaired) electrons. The van der Waals surface area contributed by atoms with Crippen molar-refractivity contribution in [1.29, 1.82) is 0 Å². The number of carbonyl (C=O) groups excluding carboxylic acids is 1. The van der Waals surface area contributed by atoms with Crippen molar-refractivity contribution < 1.29 is 4.79 Å². The number of carbonyl (C=O) groups is 1. The summed E-state index contributed by atoms with van der Waals surface area (Å²) in [5.41, 5.74) is 2.98. The van der Waals surface area contributed by atoms with Gasteiger partial charge in [0.05, 0.1) is 12.1 Å². The second-order valence-corrected chi connectivity index (χ2v) is 6.42. The second kappa shape index (κ2) is 8.43. The van der Waals surface area contributed by atoms with Gasteiger partial charge < -0.3 is 10.2 Å². The number of rotatable bonds is 7. The lowest BCUT2D eigenvalue weighted by Crippen LogP contribution is -2.30. The number of benzene rings is 2. The fourth-order valence-electron chi connectivity index (χ4n) is 2.92. The van der Waals surface area contributed by atoms with Crippen LogP contribution in [0.15, 0.2) is 54.9 Å². The minimum Gasteiger partial charge on any atom is -0.350 e. The molecule has 5 heteroatoms. The quantitative estimate of drug-likeness (QED) is 0.700. The molecule has 0 saturated heterocycles. The zero-order chi connectivity index (χ0) is 18.4. The molecule has 26 heavy (non-hydrogen) atoms. The maximum atomic E-state index is 12.4. The van der Waals surface area contributed by atoms with Gasteiger partial charge in [-0.1, -0.05) is 37.6 Å². The van der Waals surface area contributed by atoms with Crippen molar-refractivity contribution in [2.45, 2.75) is 26.2 Å². The van der Waals surface area contributed by atoms with E-state index in [0.29, 0.717) is 0 Å². The van der Waals surface area contributed by atoms with Gasteiger partial charge in [-0.05, 0) is 42.7 Å². The van der Waals surface area contributed by atoms with Gasteiger partial charge in [0, 0.05) is 18.1 Å². The number of fused-ring (bicyclic) bond motifs is 1. The van der Waals surface area contributed by atoms with Crippen LogP contribution in [0, 0.1) is 0 Å². The first-order valence-corrected chi connectivity index (χ1v) is 8.97. The zero-order valence-corrected chi connectivity index (χ0v) is 15.3. The summed E-state index contributed by atoms with van der Waals surface area (Å²) in [7, 11) is 1.86. The number of anilines is 2. The van der Waals surface area contributed by atoms with E-state index in [1.54, 1.807) is 0 Å². The first-order chi connectivity index (χ1) is 12.7. The Balaban J connectivity index is 1.64. The molecular formula is C21H24N4O. The Morgan fingerprint density at radius 3 is 2.62 bits per heavy atom. The van der Waals surface area contributed by atoms with Crippen molar-refractivity contribution in [1.82, 2.24) is 9.97 Å². The Bertz CT molecular complexity index is 871. The van der Waals surface area contributed by atoms with Crippen LogP contribution in [-0.2, 0) is 11.2 Å². The molecule has 0 aliphatic carbocycles. The van der Waals surface area contributed by atoms with E-state index in [1.165, 1.54) is 24.7 Å². The molecule has 1 heterocycles. The maximum Gasteiger partial charge on any atom is 0.243 e. The van der Waals surface area contributed by atoms with Crippen molar-refractivity contribution in [3.8, 4) is 0 Å². The summed E-state index contributed by atoms with van der Waals surface area (Å²) < 4.78 is 0. The standard InChI is InChI=1S/C21H24N4O/c1-3-4-7-16-10-12-17(13-11-16)24-20(26)14-25(2)21-18-8-5-6-9-19(18)22-15-23-21/h5-6,8-13,15H,3-4,7,14H2,1-2H3,(H,24,26). The van der Waals surface area contributed by atoms with Gasteiger partial charge in [-0.25, -0.2) is 9.97 Å². The van der Waals surface area contributed by atoms with Gasteiger partial charge in [-0.15, -0.1) is 0 Å². The predicted molar refractivity (Wildman–Crippen MR) is 106 cm³/mol. The van der Waals surface area contributed by atoms with Gasteiger partial charge in [-0.3, -0.25) is 4.79 Å². The molecule has 5 nitrogen and oxygen atoms in total. The van der Waals surface area contributed by atoms with Gasteiger partial charge in [0.2, 0.25) is 5.91 Å². The molecule has 0 fully saturated rings. The molecule has 0 aliphatic rings. The molecule has 3 rings (SSSR count). The van der Waals surface area contributed by atoms with Gasteiger partial charge in [-0.2, -0.15) is 0 Å². The number of hydrogen-bond acceptors (Lipinski definition) is 4. The van der Waals surface area contributed by atoms with E-state index >= 15 is 0 Å². The number of likely N-dealkylation sites (N-methyl/N-ethyl adjacent to an activating group) is 1. The lowest BCUT2D eigenvalue weighted by Gasteiger charge is -2.19. The first kappa shape index (κ1) is 17.9. The third-order valence-corrected chi connectivity index (χ3v) is 4.32. The summed E-state index contributed by atoms with van der Waals surface area (Å²) in [6, 6.07) is 15.9. The molecule has 1 aromatic heterocycles. The first-order valence-electron chi connectivity index (χ1n) is 8.97. The Hall–Kier alpha value is -2.95. The molecule has 0 atom stereocenters. The molecule has 0 saturated carbocycles. The van der Waals surface area contributed by atoms with Crippen molar-refractivity contribution in [2.75, 3.05) is 23.8 Å². The highest BCUT2D eigenvalue weighted by atomic mass is 16.2. The Labute approximate surface area is 154 Å². The SMILES string of the molecule is CCCCc1ccc(NC(=O)CN(C)c2ncnc3ccccc23)cc1. The van der Waals surface area contributed by atoms with Crippen molar-refractivity contribution in [3.63, 3.8) is 0 Å². The van der Waals surface area contributed by atoms with Crippen LogP contribution in [0.2, 0.25) is 0 Å². The van der Waals surface area contributed by atoms with Crippen molar-refractivity contribution in [3.05, 3.63) is 60.4 Å². The third kappa shape index (κ3) is 4.36. The molecule has 0 unspecified atom stereocenters. The molecule has 2 aromatic carbocycles. The largest absolute Gasteiger partial charge is 0.350 e. The lowest BCUT2D eigenvalue weighted by molar-refractivity contribution is -0.114. The molecule has 0 spiro atoms. The molecule has 1 N–H and O–H groups in total. The highest BCUT2D eigenvalue weighted by Crippen LogP contribution is 2.21. The highest BCUT2D eigenvalue weighted by Gasteiger charge is 2.12. The maximum absolute atomic E-state index is 12.4. The van der Waals surface area contributed by atoms with Gasteiger partial charge >= 0.3 is 0 Å². The molecule has 1 amide bonds. The number of para-hydroxylation sites is 1. The van der Waals surface area contributed by atoms with Crippen molar-refractivity contribution in [2.24, 2.45) is 0 Å². The van der Waals surface area contributed by atoms with Gasteiger partial charge in [0.15, 0.2) is 0 Å². The average molecular weight is 348 g/mol. The normalized spacial score (nSPS) is 10.7. The van der Waals surface area contributed by atoms with Crippen LogP contribution in [-0.4, -0.2) is 29.5 Å². The van der Waals surface area contributed by atoms with Crippen LogP contribution in [0.1, 0.15) is 25.3 Å². The van der Waals surface area contributed by atoms with Crippen LogP contribution in [0.5, 0.6) is 0 Å². The summed E-state index contributed by atoms with van der Waals surface area (Å²) in [5, 5.41) is 3.89. The Morgan fingerprint density at radius 1 is 1.08 bits per heavy atom. The molecule has 134 valence electrons. The minimum atomic E-state index is -0.0727. The summed E-state index contributed by atoms with van der Waals surface area (Å²) in [5.74, 6) is 0.678. The lowest BCUT2D eigenvalue weighted by atomic mass is 10.1. The molecule has 0 aliphatic heterocycles. The number of unbranched alkanes of at least 4 members (excludes halogenated alkanes) is 1. The topological polar surface area (TPSA) is 58.1 Å². The number of hydrogen-bond donors (Lipinski definition) is 1. The minimum absolute atomic E-state index is 0.0727. The zero-order valence-electron chi connectivity index (χ0n) is 15.3. The molecular weight excluding hydrogens is 324 g/mol. The van der Waals surface area contributed by atoms with Crippen LogP contribution in [0.3, 0.4) is 0 Å². The highest BCUT2D eigenvalue weighted by molar-refractivity contribution is 5.96. The predicted octanol–water partition coefficient (Wildman–Crippen LogP) is 4.05. The van der Waals surface area contributed by atoms with E-state index in [4.69, 9.17) is 0 Å². The summed E-state index contributed by atoms with van der Waals surface area (Å²) >= 11 is 0. The van der Waals surface area contributed by atoms with Crippen LogP contribution < -0.4 is 10.2 Å². The third-order valence-electron chi connectivity index (χ3n) is 4.32. The number of aryl methyl sites for hydroxylation is 1. The Morgan fingerprint density at radius 2 is 1.85 bits per heavy atom. The Kier molecular flexibility index (Phi) is 5.79. The molecule has 3 aromatic rings. The van der Waals surface area contributed by atoms with E-state index in [0.717, 1.165) is 28.8 Å². The van der Waals surface area contributed by atoms with E-state index in [1.807, 2.05) is 48.3 Å².